The average Bonchev–Trinajstić information content (AvgIpc) is 2.79. The monoisotopic (exact) mass is 284 g/mol. The Morgan fingerprint density at radius 2 is 2.12 bits per heavy atom. The average molecular weight is 285 g/mol. The molecule has 1 aromatic carbocycles. The van der Waals surface area contributed by atoms with Crippen LogP contribution >= 0.6 is 15.9 Å². The van der Waals surface area contributed by atoms with Crippen molar-refractivity contribution in [2.75, 3.05) is 7.11 Å². The van der Waals surface area contributed by atoms with Gasteiger partial charge in [-0.2, -0.15) is 0 Å². The number of ether oxygens (including phenoxy) is 1. The number of quaternary nitrogens is 1. The zero-order valence-corrected chi connectivity index (χ0v) is 11.3. The lowest BCUT2D eigenvalue weighted by molar-refractivity contribution is -0.703. The molecule has 1 aromatic rings. The van der Waals surface area contributed by atoms with Crippen LogP contribution in [0.5, 0.6) is 5.75 Å². The molecule has 16 heavy (non-hydrogen) atoms. The third-order valence-electron chi connectivity index (χ3n) is 3.31. The number of rotatable bonds is 4. The molecule has 0 heterocycles. The van der Waals surface area contributed by atoms with Gasteiger partial charge in [0.05, 0.1) is 13.2 Å². The van der Waals surface area contributed by atoms with Crippen LogP contribution < -0.4 is 10.1 Å². The van der Waals surface area contributed by atoms with E-state index in [1.54, 1.807) is 7.11 Å². The smallest absolute Gasteiger partial charge is 0.127 e. The number of hydrogen-bond acceptors (Lipinski definition) is 1. The van der Waals surface area contributed by atoms with E-state index < -0.39 is 0 Å². The van der Waals surface area contributed by atoms with E-state index >= 15 is 0 Å². The van der Waals surface area contributed by atoms with Crippen LogP contribution in [-0.4, -0.2) is 13.2 Å². The van der Waals surface area contributed by atoms with Gasteiger partial charge in [0.2, 0.25) is 0 Å². The van der Waals surface area contributed by atoms with E-state index in [9.17, 15) is 0 Å². The molecule has 0 spiro atoms. The third kappa shape index (κ3) is 2.98. The molecule has 1 fully saturated rings. The highest BCUT2D eigenvalue weighted by Gasteiger charge is 2.18. The first kappa shape index (κ1) is 11.9. The minimum Gasteiger partial charge on any atom is -0.496 e. The van der Waals surface area contributed by atoms with Crippen LogP contribution in [-0.2, 0) is 6.54 Å². The van der Waals surface area contributed by atoms with Gasteiger partial charge >= 0.3 is 0 Å². The molecule has 0 saturated heterocycles. The molecule has 1 aliphatic carbocycles. The number of methoxy groups -OCH3 is 1. The second kappa shape index (κ2) is 5.69. The molecule has 0 amide bonds. The van der Waals surface area contributed by atoms with Crippen LogP contribution in [0.4, 0.5) is 0 Å². The Kier molecular flexibility index (Phi) is 4.24. The summed E-state index contributed by atoms with van der Waals surface area (Å²) in [6.45, 7) is 1.02. The molecule has 2 rings (SSSR count). The number of benzene rings is 1. The van der Waals surface area contributed by atoms with Gasteiger partial charge in [0.25, 0.3) is 0 Å². The Balaban J connectivity index is 1.98. The fourth-order valence-corrected chi connectivity index (χ4v) is 2.80. The maximum Gasteiger partial charge on any atom is 0.127 e. The Hall–Kier alpha value is -0.540. The summed E-state index contributed by atoms with van der Waals surface area (Å²) in [5, 5.41) is 2.46. The summed E-state index contributed by atoms with van der Waals surface area (Å²) in [6.07, 6.45) is 5.54. The first-order valence-electron chi connectivity index (χ1n) is 5.95. The Labute approximate surface area is 106 Å². The summed E-state index contributed by atoms with van der Waals surface area (Å²) in [6, 6.07) is 7.04. The molecule has 3 heteroatoms. The van der Waals surface area contributed by atoms with Crippen molar-refractivity contribution in [1.82, 2.24) is 0 Å². The molecule has 0 atom stereocenters. The molecular weight excluding hydrogens is 266 g/mol. The quantitative estimate of drug-likeness (QED) is 0.903. The molecule has 1 aliphatic rings. The molecule has 0 aromatic heterocycles. The number of nitrogens with two attached hydrogens (primary N) is 1. The van der Waals surface area contributed by atoms with Gasteiger partial charge in [-0.05, 0) is 43.9 Å². The van der Waals surface area contributed by atoms with E-state index in [4.69, 9.17) is 4.74 Å². The zero-order chi connectivity index (χ0) is 11.4. The van der Waals surface area contributed by atoms with Crippen molar-refractivity contribution in [3.63, 3.8) is 0 Å². The summed E-state index contributed by atoms with van der Waals surface area (Å²) < 4.78 is 6.50. The van der Waals surface area contributed by atoms with E-state index in [2.05, 4.69) is 27.3 Å². The highest BCUT2D eigenvalue weighted by Crippen LogP contribution is 2.22. The van der Waals surface area contributed by atoms with Gasteiger partial charge < -0.3 is 10.1 Å². The van der Waals surface area contributed by atoms with E-state index in [-0.39, 0.29) is 0 Å². The highest BCUT2D eigenvalue weighted by atomic mass is 79.9. The molecule has 0 aliphatic heterocycles. The van der Waals surface area contributed by atoms with E-state index in [1.807, 2.05) is 12.1 Å². The Morgan fingerprint density at radius 1 is 1.38 bits per heavy atom. The molecule has 88 valence electrons. The van der Waals surface area contributed by atoms with Crippen molar-refractivity contribution in [3.05, 3.63) is 28.2 Å². The SMILES string of the molecule is COc1ccc(Br)cc1C[NH2+]C1CCCC1. The van der Waals surface area contributed by atoms with Crippen molar-refractivity contribution in [3.8, 4) is 5.75 Å². The van der Waals surface area contributed by atoms with Crippen molar-refractivity contribution in [2.45, 2.75) is 38.3 Å². The topological polar surface area (TPSA) is 25.8 Å². The Bertz CT molecular complexity index is 348. The normalized spacial score (nSPS) is 16.6. The molecule has 0 unspecified atom stereocenters. The van der Waals surface area contributed by atoms with Gasteiger partial charge in [-0.1, -0.05) is 15.9 Å². The van der Waals surface area contributed by atoms with Gasteiger partial charge in [0.1, 0.15) is 12.3 Å². The minimum atomic E-state index is 0.823. The largest absolute Gasteiger partial charge is 0.496 e. The maximum absolute atomic E-state index is 5.37. The molecule has 0 bridgehead atoms. The van der Waals surface area contributed by atoms with E-state index in [0.29, 0.717) is 0 Å². The van der Waals surface area contributed by atoms with Crippen molar-refractivity contribution >= 4 is 15.9 Å². The zero-order valence-electron chi connectivity index (χ0n) is 9.71. The minimum absolute atomic E-state index is 0.823. The lowest BCUT2D eigenvalue weighted by Crippen LogP contribution is -2.87. The van der Waals surface area contributed by atoms with Crippen LogP contribution in [0.25, 0.3) is 0 Å². The molecule has 1 saturated carbocycles. The van der Waals surface area contributed by atoms with Gasteiger partial charge in [-0.25, -0.2) is 0 Å². The standard InChI is InChI=1S/C13H18BrNO/c1-16-13-7-6-11(14)8-10(13)9-15-12-4-2-3-5-12/h6-8,12,15H,2-5,9H2,1H3/p+1. The van der Waals surface area contributed by atoms with Crippen LogP contribution in [0, 0.1) is 0 Å². The van der Waals surface area contributed by atoms with Gasteiger partial charge in [0, 0.05) is 10.0 Å². The van der Waals surface area contributed by atoms with Crippen LogP contribution in [0.15, 0.2) is 22.7 Å². The van der Waals surface area contributed by atoms with Crippen LogP contribution in [0.3, 0.4) is 0 Å². The summed E-state index contributed by atoms with van der Waals surface area (Å²) in [5.41, 5.74) is 1.28. The summed E-state index contributed by atoms with van der Waals surface area (Å²) in [5.74, 6) is 0.998. The maximum atomic E-state index is 5.37. The predicted octanol–water partition coefficient (Wildman–Crippen LogP) is 2.46. The number of hydrogen-bond donors (Lipinski definition) is 1. The lowest BCUT2D eigenvalue weighted by Gasteiger charge is -2.11. The fraction of sp³-hybridized carbons (Fsp3) is 0.538. The summed E-state index contributed by atoms with van der Waals surface area (Å²) >= 11 is 3.51. The van der Waals surface area contributed by atoms with Crippen molar-refractivity contribution in [1.29, 1.82) is 0 Å². The first-order chi connectivity index (χ1) is 7.79. The molecule has 2 N–H and O–H groups in total. The molecule has 0 radical (unpaired) electrons. The Morgan fingerprint density at radius 3 is 2.81 bits per heavy atom. The second-order valence-electron chi connectivity index (χ2n) is 4.44. The summed E-state index contributed by atoms with van der Waals surface area (Å²) in [7, 11) is 1.74. The highest BCUT2D eigenvalue weighted by molar-refractivity contribution is 9.10. The van der Waals surface area contributed by atoms with Gasteiger partial charge in [-0.15, -0.1) is 0 Å². The van der Waals surface area contributed by atoms with Gasteiger partial charge in [0.15, 0.2) is 0 Å². The van der Waals surface area contributed by atoms with E-state index in [0.717, 1.165) is 22.8 Å². The lowest BCUT2D eigenvalue weighted by atomic mass is 10.1. The van der Waals surface area contributed by atoms with Crippen molar-refractivity contribution in [2.24, 2.45) is 0 Å². The number of halogens is 1. The van der Waals surface area contributed by atoms with Crippen LogP contribution in [0.1, 0.15) is 31.2 Å². The second-order valence-corrected chi connectivity index (χ2v) is 5.36. The first-order valence-corrected chi connectivity index (χ1v) is 6.74. The third-order valence-corrected chi connectivity index (χ3v) is 3.81. The molecular formula is C13H19BrNO+. The fourth-order valence-electron chi connectivity index (χ4n) is 2.39. The molecule has 2 nitrogen and oxygen atoms in total. The summed E-state index contributed by atoms with van der Waals surface area (Å²) in [4.78, 5) is 0. The van der Waals surface area contributed by atoms with Crippen LogP contribution in [0.2, 0.25) is 0 Å². The van der Waals surface area contributed by atoms with Gasteiger partial charge in [-0.3, -0.25) is 0 Å². The van der Waals surface area contributed by atoms with Crippen molar-refractivity contribution < 1.29 is 10.1 Å². The predicted molar refractivity (Wildman–Crippen MR) is 68.6 cm³/mol. The van der Waals surface area contributed by atoms with E-state index in [1.165, 1.54) is 31.2 Å².